The van der Waals surface area contributed by atoms with Crippen LogP contribution in [-0.4, -0.2) is 17.7 Å². The van der Waals surface area contributed by atoms with E-state index in [-0.39, 0.29) is 0 Å². The molecule has 3 nitrogen and oxygen atoms in total. The van der Waals surface area contributed by atoms with Crippen LogP contribution in [-0.2, 0) is 21.6 Å². The Bertz CT molecular complexity index is 426. The van der Waals surface area contributed by atoms with Crippen molar-refractivity contribution >= 4 is 17.6 Å². The fourth-order valence-electron chi connectivity index (χ4n) is 2.27. The van der Waals surface area contributed by atoms with Crippen molar-refractivity contribution in [3.63, 3.8) is 0 Å². The number of hydrogen-bond donors (Lipinski definition) is 1. The maximum Gasteiger partial charge on any atom is 0.340 e. The van der Waals surface area contributed by atoms with E-state index < -0.39 is 11.6 Å². The number of carbonyl (C=O) groups is 1. The summed E-state index contributed by atoms with van der Waals surface area (Å²) in [6.45, 7) is 2.17. The first-order chi connectivity index (χ1) is 7.60. The number of aliphatic carboxylic acids is 1. The van der Waals surface area contributed by atoms with E-state index in [1.54, 1.807) is 19.1 Å². The largest absolute Gasteiger partial charge is 0.479 e. The average molecular weight is 241 g/mol. The molecule has 0 saturated carbocycles. The standard InChI is InChI=1S/C12H13ClO3/c1-2-16-12(11(14)15)6-5-8-3-4-9(13)7-10(8)12/h3-4,7H,2,5-6H2,1H3,(H,14,15). The van der Waals surface area contributed by atoms with Gasteiger partial charge in [0.05, 0.1) is 0 Å². The molecule has 0 aliphatic heterocycles. The molecule has 86 valence electrons. The molecular formula is C12H13ClO3. The third kappa shape index (κ3) is 1.60. The van der Waals surface area contributed by atoms with E-state index in [9.17, 15) is 9.90 Å². The van der Waals surface area contributed by atoms with Gasteiger partial charge in [-0.1, -0.05) is 17.7 Å². The van der Waals surface area contributed by atoms with E-state index in [4.69, 9.17) is 16.3 Å². The molecule has 1 aromatic carbocycles. The summed E-state index contributed by atoms with van der Waals surface area (Å²) in [7, 11) is 0. The monoisotopic (exact) mass is 240 g/mol. The van der Waals surface area contributed by atoms with Crippen molar-refractivity contribution in [2.45, 2.75) is 25.4 Å². The first-order valence-electron chi connectivity index (χ1n) is 5.26. The molecule has 0 fully saturated rings. The lowest BCUT2D eigenvalue weighted by Crippen LogP contribution is -2.36. The van der Waals surface area contributed by atoms with Gasteiger partial charge in [0.1, 0.15) is 0 Å². The Morgan fingerprint density at radius 3 is 3.00 bits per heavy atom. The Hall–Kier alpha value is -1.06. The summed E-state index contributed by atoms with van der Waals surface area (Å²) in [4.78, 5) is 11.4. The quantitative estimate of drug-likeness (QED) is 0.884. The lowest BCUT2D eigenvalue weighted by molar-refractivity contribution is -0.167. The lowest BCUT2D eigenvalue weighted by Gasteiger charge is -2.25. The second-order valence-corrected chi connectivity index (χ2v) is 4.30. The van der Waals surface area contributed by atoms with Gasteiger partial charge < -0.3 is 9.84 Å². The van der Waals surface area contributed by atoms with E-state index in [1.165, 1.54) is 0 Å². The fourth-order valence-corrected chi connectivity index (χ4v) is 2.44. The van der Waals surface area contributed by atoms with Crippen LogP contribution in [0.15, 0.2) is 18.2 Å². The zero-order valence-corrected chi connectivity index (χ0v) is 9.75. The van der Waals surface area contributed by atoms with Crippen LogP contribution >= 0.6 is 11.6 Å². The Labute approximate surface area is 99.0 Å². The third-order valence-corrected chi connectivity index (χ3v) is 3.22. The second kappa shape index (κ2) is 4.07. The zero-order chi connectivity index (χ0) is 11.8. The summed E-state index contributed by atoms with van der Waals surface area (Å²) < 4.78 is 5.48. The molecule has 0 aromatic heterocycles. The van der Waals surface area contributed by atoms with Gasteiger partial charge in [-0.15, -0.1) is 0 Å². The number of halogens is 1. The molecule has 1 N–H and O–H groups in total. The number of benzene rings is 1. The van der Waals surface area contributed by atoms with Crippen LogP contribution in [0.5, 0.6) is 0 Å². The molecule has 0 spiro atoms. The van der Waals surface area contributed by atoms with Crippen LogP contribution in [0.25, 0.3) is 0 Å². The van der Waals surface area contributed by atoms with Crippen LogP contribution in [0.3, 0.4) is 0 Å². The highest BCUT2D eigenvalue weighted by atomic mass is 35.5. The molecule has 2 rings (SSSR count). The van der Waals surface area contributed by atoms with Crippen molar-refractivity contribution in [1.82, 2.24) is 0 Å². The molecule has 1 aliphatic rings. The van der Waals surface area contributed by atoms with E-state index >= 15 is 0 Å². The van der Waals surface area contributed by atoms with Crippen molar-refractivity contribution in [3.05, 3.63) is 34.3 Å². The molecule has 0 radical (unpaired) electrons. The summed E-state index contributed by atoms with van der Waals surface area (Å²) in [5.74, 6) is -0.935. The Balaban J connectivity index is 2.53. The van der Waals surface area contributed by atoms with Crippen molar-refractivity contribution < 1.29 is 14.6 Å². The second-order valence-electron chi connectivity index (χ2n) is 3.87. The van der Waals surface area contributed by atoms with Crippen LogP contribution in [0.1, 0.15) is 24.5 Å². The highest BCUT2D eigenvalue weighted by Crippen LogP contribution is 2.41. The molecule has 0 amide bonds. The number of fused-ring (bicyclic) bond motifs is 1. The first kappa shape index (κ1) is 11.4. The number of aryl methyl sites for hydroxylation is 1. The summed E-state index contributed by atoms with van der Waals surface area (Å²) in [5, 5.41) is 9.91. The highest BCUT2D eigenvalue weighted by Gasteiger charge is 2.46. The van der Waals surface area contributed by atoms with Gasteiger partial charge in [-0.2, -0.15) is 0 Å². The average Bonchev–Trinajstić information content (AvgIpc) is 2.59. The number of hydrogen-bond acceptors (Lipinski definition) is 2. The van der Waals surface area contributed by atoms with Crippen molar-refractivity contribution in [2.75, 3.05) is 6.61 Å². The maximum absolute atomic E-state index is 11.4. The molecule has 1 aromatic rings. The molecule has 0 saturated heterocycles. The third-order valence-electron chi connectivity index (χ3n) is 2.99. The van der Waals surface area contributed by atoms with Gasteiger partial charge in [0.25, 0.3) is 0 Å². The number of carboxylic acid groups (broad SMARTS) is 1. The van der Waals surface area contributed by atoms with E-state index in [0.29, 0.717) is 23.6 Å². The van der Waals surface area contributed by atoms with Crippen LogP contribution in [0.2, 0.25) is 5.02 Å². The number of ether oxygens (including phenoxy) is 1. The summed E-state index contributed by atoms with van der Waals surface area (Å²) >= 11 is 5.91. The Morgan fingerprint density at radius 2 is 2.38 bits per heavy atom. The SMILES string of the molecule is CCOC1(C(=O)O)CCc2ccc(Cl)cc21. The van der Waals surface area contributed by atoms with Crippen LogP contribution < -0.4 is 0 Å². The smallest absolute Gasteiger partial charge is 0.340 e. The minimum Gasteiger partial charge on any atom is -0.479 e. The summed E-state index contributed by atoms with van der Waals surface area (Å²) in [6.07, 6.45) is 1.20. The molecule has 1 unspecified atom stereocenters. The number of rotatable bonds is 3. The molecule has 0 bridgehead atoms. The topological polar surface area (TPSA) is 46.5 Å². The van der Waals surface area contributed by atoms with Gasteiger partial charge in [-0.25, -0.2) is 4.79 Å². The number of carboxylic acids is 1. The fraction of sp³-hybridized carbons (Fsp3) is 0.417. The van der Waals surface area contributed by atoms with Gasteiger partial charge in [-0.05, 0) is 43.0 Å². The van der Waals surface area contributed by atoms with Crippen molar-refractivity contribution in [1.29, 1.82) is 0 Å². The van der Waals surface area contributed by atoms with Gasteiger partial charge in [0.15, 0.2) is 5.60 Å². The Kier molecular flexibility index (Phi) is 2.91. The van der Waals surface area contributed by atoms with Crippen molar-refractivity contribution in [2.24, 2.45) is 0 Å². The van der Waals surface area contributed by atoms with Gasteiger partial charge in [0, 0.05) is 11.6 Å². The molecule has 0 heterocycles. The highest BCUT2D eigenvalue weighted by molar-refractivity contribution is 6.30. The molecular weight excluding hydrogens is 228 g/mol. The predicted octanol–water partition coefficient (Wildman–Crippen LogP) is 2.60. The minimum absolute atomic E-state index is 0.373. The van der Waals surface area contributed by atoms with E-state index in [1.807, 2.05) is 6.07 Å². The summed E-state index contributed by atoms with van der Waals surface area (Å²) in [5.41, 5.74) is 0.518. The van der Waals surface area contributed by atoms with Gasteiger partial charge in [-0.3, -0.25) is 0 Å². The minimum atomic E-state index is -1.20. The maximum atomic E-state index is 11.4. The normalized spacial score (nSPS) is 23.1. The van der Waals surface area contributed by atoms with E-state index in [0.717, 1.165) is 12.0 Å². The molecule has 4 heteroatoms. The van der Waals surface area contributed by atoms with Crippen LogP contribution in [0, 0.1) is 0 Å². The zero-order valence-electron chi connectivity index (χ0n) is 9.00. The van der Waals surface area contributed by atoms with Gasteiger partial charge >= 0.3 is 5.97 Å². The predicted molar refractivity (Wildman–Crippen MR) is 60.7 cm³/mol. The molecule has 16 heavy (non-hydrogen) atoms. The molecule has 1 aliphatic carbocycles. The van der Waals surface area contributed by atoms with Crippen molar-refractivity contribution in [3.8, 4) is 0 Å². The van der Waals surface area contributed by atoms with Gasteiger partial charge in [0.2, 0.25) is 0 Å². The summed E-state index contributed by atoms with van der Waals surface area (Å²) in [6, 6.07) is 5.36. The molecule has 1 atom stereocenters. The van der Waals surface area contributed by atoms with Crippen LogP contribution in [0.4, 0.5) is 0 Å². The van der Waals surface area contributed by atoms with E-state index in [2.05, 4.69) is 0 Å². The Morgan fingerprint density at radius 1 is 1.62 bits per heavy atom. The first-order valence-corrected chi connectivity index (χ1v) is 5.64. The lowest BCUT2D eigenvalue weighted by atomic mass is 9.96.